The molecule has 1 aliphatic heterocycles. The Balaban J connectivity index is 1.60. The average molecular weight is 347 g/mol. The van der Waals surface area contributed by atoms with Crippen molar-refractivity contribution in [1.82, 2.24) is 10.6 Å². The average Bonchev–Trinajstić information content (AvgIpc) is 2.64. The number of carbonyl (C=O) groups is 2. The molecule has 0 atom stereocenters. The second kappa shape index (κ2) is 10.7. The lowest BCUT2D eigenvalue weighted by Crippen LogP contribution is -2.36. The second-order valence-corrected chi connectivity index (χ2v) is 6.34. The number of hydrogen-bond acceptors (Lipinski definition) is 4. The first-order valence-electron chi connectivity index (χ1n) is 9.08. The quantitative estimate of drug-likeness (QED) is 0.669. The van der Waals surface area contributed by atoms with Crippen LogP contribution in [0.25, 0.3) is 0 Å². The van der Waals surface area contributed by atoms with Gasteiger partial charge in [-0.1, -0.05) is 18.6 Å². The number of amides is 2. The van der Waals surface area contributed by atoms with Crippen molar-refractivity contribution in [1.29, 1.82) is 0 Å². The Morgan fingerprint density at radius 1 is 1.04 bits per heavy atom. The van der Waals surface area contributed by atoms with E-state index in [-0.39, 0.29) is 11.8 Å². The Labute approximate surface area is 149 Å². The van der Waals surface area contributed by atoms with Crippen molar-refractivity contribution in [3.05, 3.63) is 29.8 Å². The van der Waals surface area contributed by atoms with E-state index in [0.717, 1.165) is 51.1 Å². The van der Waals surface area contributed by atoms with E-state index in [0.29, 0.717) is 19.5 Å². The first kappa shape index (κ1) is 19.2. The van der Waals surface area contributed by atoms with Gasteiger partial charge in [0, 0.05) is 45.2 Å². The summed E-state index contributed by atoms with van der Waals surface area (Å²) in [6, 6.07) is 8.35. The van der Waals surface area contributed by atoms with Crippen LogP contribution in [0.2, 0.25) is 0 Å². The van der Waals surface area contributed by atoms with Gasteiger partial charge in [-0.2, -0.15) is 0 Å². The van der Waals surface area contributed by atoms with Gasteiger partial charge in [-0.05, 0) is 30.5 Å². The summed E-state index contributed by atoms with van der Waals surface area (Å²) in [5, 5.41) is 5.72. The van der Waals surface area contributed by atoms with Crippen LogP contribution in [0.15, 0.2) is 24.3 Å². The van der Waals surface area contributed by atoms with E-state index in [9.17, 15) is 9.59 Å². The molecular formula is C19H29N3O3. The molecule has 6 nitrogen and oxygen atoms in total. The zero-order chi connectivity index (χ0) is 17.9. The molecule has 0 unspecified atom stereocenters. The first-order valence-corrected chi connectivity index (χ1v) is 9.08. The molecule has 0 aromatic heterocycles. The molecule has 6 heteroatoms. The number of anilines is 1. The van der Waals surface area contributed by atoms with Crippen molar-refractivity contribution < 1.29 is 14.3 Å². The second-order valence-electron chi connectivity index (χ2n) is 6.34. The summed E-state index contributed by atoms with van der Waals surface area (Å²) >= 11 is 0. The van der Waals surface area contributed by atoms with Crippen molar-refractivity contribution in [2.45, 2.75) is 39.2 Å². The maximum Gasteiger partial charge on any atom is 0.220 e. The van der Waals surface area contributed by atoms with E-state index in [1.807, 2.05) is 0 Å². The van der Waals surface area contributed by atoms with Crippen molar-refractivity contribution >= 4 is 17.5 Å². The summed E-state index contributed by atoms with van der Waals surface area (Å²) in [5.74, 6) is 0.0779. The molecule has 1 saturated heterocycles. The van der Waals surface area contributed by atoms with Gasteiger partial charge in [-0.25, -0.2) is 0 Å². The molecule has 0 bridgehead atoms. The van der Waals surface area contributed by atoms with E-state index in [4.69, 9.17) is 4.74 Å². The highest BCUT2D eigenvalue weighted by Gasteiger charge is 2.10. The van der Waals surface area contributed by atoms with Gasteiger partial charge >= 0.3 is 0 Å². The van der Waals surface area contributed by atoms with Gasteiger partial charge in [0.25, 0.3) is 0 Å². The van der Waals surface area contributed by atoms with Crippen molar-refractivity contribution in [2.24, 2.45) is 0 Å². The molecule has 0 spiro atoms. The Kier molecular flexibility index (Phi) is 8.25. The standard InChI is InChI=1S/C19H29N3O3/c1-16(23)20-10-4-2-3-5-19(24)21-15-17-6-8-18(9-7-17)22-11-13-25-14-12-22/h6-9H,2-5,10-15H2,1H3,(H,20,23)(H,21,24). The molecule has 2 amide bonds. The van der Waals surface area contributed by atoms with Gasteiger partial charge in [0.05, 0.1) is 13.2 Å². The number of unbranched alkanes of at least 4 members (excludes halogenated alkanes) is 2. The summed E-state index contributed by atoms with van der Waals surface area (Å²) in [4.78, 5) is 24.9. The number of ether oxygens (including phenoxy) is 1. The summed E-state index contributed by atoms with van der Waals surface area (Å²) in [6.07, 6.45) is 3.24. The number of benzene rings is 1. The maximum atomic E-state index is 11.9. The minimum atomic E-state index is -0.00242. The number of nitrogens with one attached hydrogen (secondary N) is 2. The van der Waals surface area contributed by atoms with E-state index in [2.05, 4.69) is 39.8 Å². The summed E-state index contributed by atoms with van der Waals surface area (Å²) in [7, 11) is 0. The van der Waals surface area contributed by atoms with Crippen LogP contribution in [0.4, 0.5) is 5.69 Å². The van der Waals surface area contributed by atoms with Crippen LogP contribution in [-0.4, -0.2) is 44.7 Å². The number of carbonyl (C=O) groups excluding carboxylic acids is 2. The topological polar surface area (TPSA) is 70.7 Å². The van der Waals surface area contributed by atoms with Crippen LogP contribution < -0.4 is 15.5 Å². The molecule has 2 rings (SSSR count). The minimum Gasteiger partial charge on any atom is -0.378 e. The predicted octanol–water partition coefficient (Wildman–Crippen LogP) is 1.84. The van der Waals surface area contributed by atoms with Crippen molar-refractivity contribution in [3.63, 3.8) is 0 Å². The Morgan fingerprint density at radius 2 is 1.76 bits per heavy atom. The molecule has 138 valence electrons. The molecular weight excluding hydrogens is 318 g/mol. The molecule has 2 N–H and O–H groups in total. The van der Waals surface area contributed by atoms with E-state index in [1.165, 1.54) is 12.6 Å². The Hall–Kier alpha value is -2.08. The third-order valence-electron chi connectivity index (χ3n) is 4.26. The van der Waals surface area contributed by atoms with Crippen LogP contribution in [-0.2, 0) is 20.9 Å². The number of hydrogen-bond donors (Lipinski definition) is 2. The van der Waals surface area contributed by atoms with Gasteiger partial charge in [0.1, 0.15) is 0 Å². The van der Waals surface area contributed by atoms with Gasteiger partial charge in [-0.3, -0.25) is 9.59 Å². The Bertz CT molecular complexity index is 539. The predicted molar refractivity (Wildman–Crippen MR) is 98.5 cm³/mol. The number of nitrogens with zero attached hydrogens (tertiary/aromatic N) is 1. The summed E-state index contributed by atoms with van der Waals surface area (Å²) in [6.45, 7) is 6.18. The lowest BCUT2D eigenvalue weighted by molar-refractivity contribution is -0.121. The number of morpholine rings is 1. The molecule has 0 radical (unpaired) electrons. The molecule has 0 saturated carbocycles. The smallest absolute Gasteiger partial charge is 0.220 e. The molecule has 1 fully saturated rings. The van der Waals surface area contributed by atoms with Crippen molar-refractivity contribution in [3.8, 4) is 0 Å². The van der Waals surface area contributed by atoms with E-state index >= 15 is 0 Å². The van der Waals surface area contributed by atoms with Gasteiger partial charge in [-0.15, -0.1) is 0 Å². The van der Waals surface area contributed by atoms with Gasteiger partial charge < -0.3 is 20.3 Å². The SMILES string of the molecule is CC(=O)NCCCCCC(=O)NCc1ccc(N2CCOCC2)cc1. The van der Waals surface area contributed by atoms with Crippen LogP contribution in [0.5, 0.6) is 0 Å². The van der Waals surface area contributed by atoms with Crippen LogP contribution in [0.3, 0.4) is 0 Å². The first-order chi connectivity index (χ1) is 12.1. The monoisotopic (exact) mass is 347 g/mol. The third-order valence-corrected chi connectivity index (χ3v) is 4.26. The van der Waals surface area contributed by atoms with E-state index < -0.39 is 0 Å². The van der Waals surface area contributed by atoms with Crippen LogP contribution in [0.1, 0.15) is 38.2 Å². The molecule has 1 aromatic carbocycles. The zero-order valence-corrected chi connectivity index (χ0v) is 15.1. The fourth-order valence-electron chi connectivity index (χ4n) is 2.79. The maximum absolute atomic E-state index is 11.9. The van der Waals surface area contributed by atoms with Crippen LogP contribution >= 0.6 is 0 Å². The van der Waals surface area contributed by atoms with Gasteiger partial charge in [0.15, 0.2) is 0 Å². The molecule has 25 heavy (non-hydrogen) atoms. The Morgan fingerprint density at radius 3 is 2.44 bits per heavy atom. The normalized spacial score (nSPS) is 14.2. The summed E-state index contributed by atoms with van der Waals surface area (Å²) < 4.78 is 5.37. The highest BCUT2D eigenvalue weighted by atomic mass is 16.5. The fourth-order valence-corrected chi connectivity index (χ4v) is 2.79. The summed E-state index contributed by atoms with van der Waals surface area (Å²) in [5.41, 5.74) is 2.31. The minimum absolute atomic E-state index is 0.00242. The highest BCUT2D eigenvalue weighted by Crippen LogP contribution is 2.16. The highest BCUT2D eigenvalue weighted by molar-refractivity contribution is 5.75. The molecule has 1 heterocycles. The molecule has 1 aromatic rings. The number of rotatable bonds is 9. The molecule has 1 aliphatic rings. The van der Waals surface area contributed by atoms with Gasteiger partial charge in [0.2, 0.25) is 11.8 Å². The van der Waals surface area contributed by atoms with Crippen LogP contribution in [0, 0.1) is 0 Å². The molecule has 0 aliphatic carbocycles. The largest absolute Gasteiger partial charge is 0.378 e. The lowest BCUT2D eigenvalue weighted by Gasteiger charge is -2.28. The van der Waals surface area contributed by atoms with E-state index in [1.54, 1.807) is 0 Å². The third kappa shape index (κ3) is 7.56. The lowest BCUT2D eigenvalue weighted by atomic mass is 10.1. The van der Waals surface area contributed by atoms with Crippen molar-refractivity contribution in [2.75, 3.05) is 37.7 Å². The fraction of sp³-hybridized carbons (Fsp3) is 0.579. The zero-order valence-electron chi connectivity index (χ0n) is 15.1.